The molecule has 2 atom stereocenters. The normalized spacial score (nSPS) is 15.4. The number of carbonyl (C=O) groups excluding carboxylic acids is 1. The van der Waals surface area contributed by atoms with Gasteiger partial charge in [-0.05, 0) is 45.6 Å². The van der Waals surface area contributed by atoms with E-state index >= 15 is 0 Å². The SMILES string of the molecule is CCC[C@@H](C)C[C@H](CN)CC(=O)OC(C)(C)C. The molecule has 2 N–H and O–H groups in total. The third-order valence-electron chi connectivity index (χ3n) is 2.73. The van der Waals surface area contributed by atoms with Crippen LogP contribution < -0.4 is 5.73 Å². The van der Waals surface area contributed by atoms with Gasteiger partial charge >= 0.3 is 5.97 Å². The molecule has 0 saturated carbocycles. The van der Waals surface area contributed by atoms with E-state index in [1.165, 1.54) is 12.8 Å². The zero-order chi connectivity index (χ0) is 13.5. The largest absolute Gasteiger partial charge is 0.460 e. The molecule has 102 valence electrons. The molecule has 0 aromatic rings. The first-order chi connectivity index (χ1) is 7.78. The number of esters is 1. The second-order valence-electron chi connectivity index (χ2n) is 6.02. The van der Waals surface area contributed by atoms with E-state index in [0.717, 1.165) is 6.42 Å². The third kappa shape index (κ3) is 9.16. The number of carbonyl (C=O) groups is 1. The molecule has 0 amide bonds. The summed E-state index contributed by atoms with van der Waals surface area (Å²) in [6.07, 6.45) is 3.85. The highest BCUT2D eigenvalue weighted by molar-refractivity contribution is 5.70. The first-order valence-corrected chi connectivity index (χ1v) is 6.70. The number of rotatable bonds is 7. The Morgan fingerprint density at radius 3 is 2.35 bits per heavy atom. The lowest BCUT2D eigenvalue weighted by Gasteiger charge is -2.23. The topological polar surface area (TPSA) is 52.3 Å². The Kier molecular flexibility index (Phi) is 7.44. The van der Waals surface area contributed by atoms with Crippen LogP contribution in [-0.2, 0) is 9.53 Å². The fourth-order valence-electron chi connectivity index (χ4n) is 2.06. The van der Waals surface area contributed by atoms with Crippen molar-refractivity contribution in [1.82, 2.24) is 0 Å². The molecule has 0 radical (unpaired) electrons. The minimum absolute atomic E-state index is 0.128. The Bertz CT molecular complexity index is 221. The highest BCUT2D eigenvalue weighted by Crippen LogP contribution is 2.20. The van der Waals surface area contributed by atoms with Gasteiger partial charge in [0.1, 0.15) is 5.60 Å². The van der Waals surface area contributed by atoms with Crippen LogP contribution >= 0.6 is 0 Å². The molecular weight excluding hydrogens is 214 g/mol. The molecule has 0 aromatic carbocycles. The number of nitrogens with two attached hydrogens (primary N) is 1. The minimum atomic E-state index is -0.398. The van der Waals surface area contributed by atoms with Crippen LogP contribution in [-0.4, -0.2) is 18.1 Å². The van der Waals surface area contributed by atoms with Gasteiger partial charge in [0.05, 0.1) is 0 Å². The van der Waals surface area contributed by atoms with Crippen LogP contribution in [0.25, 0.3) is 0 Å². The first kappa shape index (κ1) is 16.4. The summed E-state index contributed by atoms with van der Waals surface area (Å²) < 4.78 is 5.32. The maximum absolute atomic E-state index is 11.7. The van der Waals surface area contributed by atoms with Crippen LogP contribution in [0.15, 0.2) is 0 Å². The van der Waals surface area contributed by atoms with Crippen molar-refractivity contribution in [3.63, 3.8) is 0 Å². The van der Waals surface area contributed by atoms with E-state index in [1.54, 1.807) is 0 Å². The van der Waals surface area contributed by atoms with Gasteiger partial charge in [0.25, 0.3) is 0 Å². The molecule has 0 fully saturated rings. The summed E-state index contributed by atoms with van der Waals surface area (Å²) in [5.74, 6) is 0.763. The van der Waals surface area contributed by atoms with Crippen molar-refractivity contribution in [3.05, 3.63) is 0 Å². The summed E-state index contributed by atoms with van der Waals surface area (Å²) in [5, 5.41) is 0. The smallest absolute Gasteiger partial charge is 0.306 e. The van der Waals surface area contributed by atoms with Crippen LogP contribution in [0.4, 0.5) is 0 Å². The standard InChI is InChI=1S/C14H29NO2/c1-6-7-11(2)8-12(10-15)9-13(16)17-14(3,4)5/h11-12H,6-10,15H2,1-5H3/t11-,12+/m1/s1. The Labute approximate surface area is 106 Å². The van der Waals surface area contributed by atoms with Crippen LogP contribution in [0.3, 0.4) is 0 Å². The molecule has 17 heavy (non-hydrogen) atoms. The average Bonchev–Trinajstić information content (AvgIpc) is 2.13. The molecule has 0 saturated heterocycles. The quantitative estimate of drug-likeness (QED) is 0.699. The van der Waals surface area contributed by atoms with Crippen LogP contribution in [0.5, 0.6) is 0 Å². The predicted octanol–water partition coefficient (Wildman–Crippen LogP) is 3.12. The van der Waals surface area contributed by atoms with Gasteiger partial charge in [-0.25, -0.2) is 0 Å². The zero-order valence-corrected chi connectivity index (χ0v) is 12.1. The van der Waals surface area contributed by atoms with E-state index in [9.17, 15) is 4.79 Å². The summed E-state index contributed by atoms with van der Waals surface area (Å²) in [6, 6.07) is 0. The van der Waals surface area contributed by atoms with E-state index in [1.807, 2.05) is 20.8 Å². The molecule has 0 aliphatic heterocycles. The van der Waals surface area contributed by atoms with Crippen LogP contribution in [0.1, 0.15) is 60.3 Å². The minimum Gasteiger partial charge on any atom is -0.460 e. The van der Waals surface area contributed by atoms with E-state index in [0.29, 0.717) is 18.9 Å². The van der Waals surface area contributed by atoms with Gasteiger partial charge in [-0.1, -0.05) is 26.7 Å². The molecular formula is C14H29NO2. The number of hydrogen-bond acceptors (Lipinski definition) is 3. The molecule has 0 heterocycles. The summed E-state index contributed by atoms with van der Waals surface area (Å²) in [7, 11) is 0. The van der Waals surface area contributed by atoms with Crippen LogP contribution in [0.2, 0.25) is 0 Å². The van der Waals surface area contributed by atoms with Gasteiger partial charge in [-0.2, -0.15) is 0 Å². The van der Waals surface area contributed by atoms with Gasteiger partial charge < -0.3 is 10.5 Å². The predicted molar refractivity (Wildman–Crippen MR) is 71.7 cm³/mol. The molecule has 0 rings (SSSR count). The van der Waals surface area contributed by atoms with Gasteiger partial charge in [-0.15, -0.1) is 0 Å². The second kappa shape index (κ2) is 7.70. The highest BCUT2D eigenvalue weighted by Gasteiger charge is 2.20. The van der Waals surface area contributed by atoms with Crippen molar-refractivity contribution in [1.29, 1.82) is 0 Å². The number of ether oxygens (including phenoxy) is 1. The Morgan fingerprint density at radius 1 is 1.35 bits per heavy atom. The fourth-order valence-corrected chi connectivity index (χ4v) is 2.06. The lowest BCUT2D eigenvalue weighted by molar-refractivity contribution is -0.156. The molecule has 3 nitrogen and oxygen atoms in total. The van der Waals surface area contributed by atoms with Gasteiger partial charge in [0.2, 0.25) is 0 Å². The second-order valence-corrected chi connectivity index (χ2v) is 6.02. The van der Waals surface area contributed by atoms with Crippen LogP contribution in [0, 0.1) is 11.8 Å². The average molecular weight is 243 g/mol. The summed E-state index contributed by atoms with van der Waals surface area (Å²) in [4.78, 5) is 11.7. The maximum atomic E-state index is 11.7. The van der Waals surface area contributed by atoms with E-state index in [4.69, 9.17) is 10.5 Å². The van der Waals surface area contributed by atoms with Crippen molar-refractivity contribution in [2.24, 2.45) is 17.6 Å². The summed E-state index contributed by atoms with van der Waals surface area (Å²) >= 11 is 0. The maximum Gasteiger partial charge on any atom is 0.306 e. The van der Waals surface area contributed by atoms with Crippen molar-refractivity contribution in [3.8, 4) is 0 Å². The van der Waals surface area contributed by atoms with Crippen molar-refractivity contribution in [2.75, 3.05) is 6.54 Å². The molecule has 0 spiro atoms. The molecule has 0 aliphatic carbocycles. The Hall–Kier alpha value is -0.570. The fraction of sp³-hybridized carbons (Fsp3) is 0.929. The highest BCUT2D eigenvalue weighted by atomic mass is 16.6. The summed E-state index contributed by atoms with van der Waals surface area (Å²) in [6.45, 7) is 10.6. The molecule has 3 heteroatoms. The third-order valence-corrected chi connectivity index (χ3v) is 2.73. The lowest BCUT2D eigenvalue weighted by Crippen LogP contribution is -2.27. The van der Waals surface area contributed by atoms with Gasteiger partial charge in [0, 0.05) is 6.42 Å². The lowest BCUT2D eigenvalue weighted by atomic mass is 9.90. The van der Waals surface area contributed by atoms with E-state index < -0.39 is 5.60 Å². The Morgan fingerprint density at radius 2 is 1.94 bits per heavy atom. The molecule has 0 aromatic heterocycles. The molecule has 0 unspecified atom stereocenters. The first-order valence-electron chi connectivity index (χ1n) is 6.70. The van der Waals surface area contributed by atoms with E-state index in [-0.39, 0.29) is 11.9 Å². The Balaban J connectivity index is 4.08. The van der Waals surface area contributed by atoms with Crippen molar-refractivity contribution >= 4 is 5.97 Å². The monoisotopic (exact) mass is 243 g/mol. The van der Waals surface area contributed by atoms with Gasteiger partial charge in [-0.3, -0.25) is 4.79 Å². The van der Waals surface area contributed by atoms with Crippen molar-refractivity contribution < 1.29 is 9.53 Å². The van der Waals surface area contributed by atoms with Gasteiger partial charge in [0.15, 0.2) is 0 Å². The number of hydrogen-bond donors (Lipinski definition) is 1. The molecule has 0 aliphatic rings. The summed E-state index contributed by atoms with van der Waals surface area (Å²) in [5.41, 5.74) is 5.32. The zero-order valence-electron chi connectivity index (χ0n) is 12.1. The van der Waals surface area contributed by atoms with Crippen molar-refractivity contribution in [2.45, 2.75) is 65.9 Å². The van der Waals surface area contributed by atoms with E-state index in [2.05, 4.69) is 13.8 Å². The molecule has 0 bridgehead atoms.